The van der Waals surface area contributed by atoms with Crippen LogP contribution in [0.25, 0.3) is 0 Å². The molecule has 5 heteroatoms. The minimum absolute atomic E-state index is 0.210. The van der Waals surface area contributed by atoms with Crippen LogP contribution in [0.2, 0.25) is 0 Å². The number of likely N-dealkylation sites (tertiary alicyclic amines) is 1. The van der Waals surface area contributed by atoms with Gasteiger partial charge in [-0.05, 0) is 19.4 Å². The van der Waals surface area contributed by atoms with Crippen molar-refractivity contribution in [2.45, 2.75) is 25.9 Å². The number of aliphatic hydroxyl groups excluding tert-OH is 1. The van der Waals surface area contributed by atoms with Gasteiger partial charge in [-0.1, -0.05) is 6.92 Å². The largest absolute Gasteiger partial charge is 0.392 e. The van der Waals surface area contributed by atoms with Gasteiger partial charge in [-0.2, -0.15) is 0 Å². The van der Waals surface area contributed by atoms with Gasteiger partial charge in [0.05, 0.1) is 11.9 Å². The molecular weight excluding hydrogens is 202 g/mol. The Morgan fingerprint density at radius 3 is 2.71 bits per heavy atom. The second kappa shape index (κ2) is 5.09. The highest BCUT2D eigenvalue weighted by molar-refractivity contribution is 7.91. The van der Waals surface area contributed by atoms with E-state index in [9.17, 15) is 13.5 Å². The van der Waals surface area contributed by atoms with E-state index in [4.69, 9.17) is 0 Å². The molecule has 1 heterocycles. The number of hydrogen-bond donors (Lipinski definition) is 1. The fourth-order valence-electron chi connectivity index (χ4n) is 1.67. The van der Waals surface area contributed by atoms with E-state index in [0.29, 0.717) is 13.0 Å². The van der Waals surface area contributed by atoms with E-state index in [0.717, 1.165) is 19.5 Å². The molecular formula is C9H19NO3S. The Morgan fingerprint density at radius 1 is 1.50 bits per heavy atom. The summed E-state index contributed by atoms with van der Waals surface area (Å²) in [5.41, 5.74) is 0. The van der Waals surface area contributed by atoms with Crippen molar-refractivity contribution in [3.05, 3.63) is 0 Å². The van der Waals surface area contributed by atoms with E-state index in [1.807, 2.05) is 0 Å². The van der Waals surface area contributed by atoms with Crippen molar-refractivity contribution < 1.29 is 13.5 Å². The lowest BCUT2D eigenvalue weighted by molar-refractivity contribution is 0.176. The zero-order chi connectivity index (χ0) is 10.6. The van der Waals surface area contributed by atoms with Gasteiger partial charge in [0, 0.05) is 18.8 Å². The Bertz CT molecular complexity index is 263. The van der Waals surface area contributed by atoms with Crippen LogP contribution in [-0.4, -0.2) is 55.7 Å². The third-order valence-electron chi connectivity index (χ3n) is 2.62. The van der Waals surface area contributed by atoms with Gasteiger partial charge in [0.25, 0.3) is 0 Å². The average molecular weight is 221 g/mol. The van der Waals surface area contributed by atoms with E-state index >= 15 is 0 Å². The molecule has 0 aromatic heterocycles. The summed E-state index contributed by atoms with van der Waals surface area (Å²) in [5, 5.41) is 9.25. The molecule has 0 saturated carbocycles. The predicted molar refractivity (Wildman–Crippen MR) is 56.0 cm³/mol. The van der Waals surface area contributed by atoms with Gasteiger partial charge < -0.3 is 10.0 Å². The lowest BCUT2D eigenvalue weighted by Gasteiger charge is -2.13. The molecule has 0 radical (unpaired) electrons. The van der Waals surface area contributed by atoms with Gasteiger partial charge in [-0.15, -0.1) is 0 Å². The molecule has 1 atom stereocenters. The first-order valence-electron chi connectivity index (χ1n) is 5.14. The zero-order valence-corrected chi connectivity index (χ0v) is 9.46. The summed E-state index contributed by atoms with van der Waals surface area (Å²) in [6.07, 6.45) is 1.29. The van der Waals surface area contributed by atoms with Crippen LogP contribution in [0, 0.1) is 0 Å². The van der Waals surface area contributed by atoms with Crippen molar-refractivity contribution in [3.8, 4) is 0 Å². The van der Waals surface area contributed by atoms with Gasteiger partial charge >= 0.3 is 0 Å². The highest BCUT2D eigenvalue weighted by atomic mass is 32.2. The molecule has 0 bridgehead atoms. The first-order valence-corrected chi connectivity index (χ1v) is 6.96. The smallest absolute Gasteiger partial charge is 0.150 e. The molecule has 14 heavy (non-hydrogen) atoms. The highest BCUT2D eigenvalue weighted by Gasteiger charge is 2.19. The summed E-state index contributed by atoms with van der Waals surface area (Å²) in [6.45, 7) is 4.06. The number of hydrogen-bond acceptors (Lipinski definition) is 4. The molecule has 0 amide bonds. The Labute approximate surface area is 85.8 Å². The van der Waals surface area contributed by atoms with Crippen LogP contribution in [-0.2, 0) is 9.84 Å². The molecule has 84 valence electrons. The molecule has 4 nitrogen and oxygen atoms in total. The van der Waals surface area contributed by atoms with Crippen molar-refractivity contribution in [1.82, 2.24) is 4.90 Å². The predicted octanol–water partition coefficient (Wildman–Crippen LogP) is -0.122. The Kier molecular flexibility index (Phi) is 4.34. The molecule has 1 unspecified atom stereocenters. The Balaban J connectivity index is 2.16. The van der Waals surface area contributed by atoms with Crippen LogP contribution in [0.1, 0.15) is 19.8 Å². The average Bonchev–Trinajstić information content (AvgIpc) is 2.51. The van der Waals surface area contributed by atoms with Gasteiger partial charge in [0.1, 0.15) is 9.84 Å². The molecule has 1 rings (SSSR count). The fraction of sp³-hybridized carbons (Fsp3) is 1.00. The third kappa shape index (κ3) is 3.94. The first-order chi connectivity index (χ1) is 6.53. The van der Waals surface area contributed by atoms with E-state index in [-0.39, 0.29) is 17.6 Å². The van der Waals surface area contributed by atoms with Crippen LogP contribution in [0.4, 0.5) is 0 Å². The SMILES string of the molecule is CCS(=O)(=O)CCCN1CCC(O)C1. The summed E-state index contributed by atoms with van der Waals surface area (Å²) in [7, 11) is -2.81. The van der Waals surface area contributed by atoms with Crippen LogP contribution >= 0.6 is 0 Å². The van der Waals surface area contributed by atoms with Crippen LogP contribution in [0.5, 0.6) is 0 Å². The number of sulfone groups is 1. The minimum Gasteiger partial charge on any atom is -0.392 e. The molecule has 1 aliphatic heterocycles. The van der Waals surface area contributed by atoms with Crippen molar-refractivity contribution in [2.75, 3.05) is 31.1 Å². The quantitative estimate of drug-likeness (QED) is 0.703. The maximum atomic E-state index is 11.2. The van der Waals surface area contributed by atoms with Crippen molar-refractivity contribution >= 4 is 9.84 Å². The summed E-state index contributed by atoms with van der Waals surface area (Å²) >= 11 is 0. The van der Waals surface area contributed by atoms with Crippen molar-refractivity contribution in [2.24, 2.45) is 0 Å². The maximum absolute atomic E-state index is 11.2. The van der Waals surface area contributed by atoms with Gasteiger partial charge in [-0.3, -0.25) is 0 Å². The minimum atomic E-state index is -2.81. The number of β-amino-alcohol motifs (C(OH)–C–C–N with tert-alkyl or cyclic N) is 1. The van der Waals surface area contributed by atoms with E-state index in [1.165, 1.54) is 0 Å². The second-order valence-electron chi connectivity index (χ2n) is 3.83. The molecule has 0 aliphatic carbocycles. The summed E-state index contributed by atoms with van der Waals surface area (Å²) < 4.78 is 22.3. The number of rotatable bonds is 5. The van der Waals surface area contributed by atoms with E-state index < -0.39 is 9.84 Å². The van der Waals surface area contributed by atoms with Gasteiger partial charge in [0.15, 0.2) is 0 Å². The summed E-state index contributed by atoms with van der Waals surface area (Å²) in [6, 6.07) is 0. The molecule has 0 aromatic carbocycles. The standard InChI is InChI=1S/C9H19NO3S/c1-2-14(12,13)7-3-5-10-6-4-9(11)8-10/h9,11H,2-8H2,1H3. The molecule has 1 N–H and O–H groups in total. The maximum Gasteiger partial charge on any atom is 0.150 e. The molecule has 1 fully saturated rings. The molecule has 1 saturated heterocycles. The van der Waals surface area contributed by atoms with E-state index in [2.05, 4.69) is 4.90 Å². The van der Waals surface area contributed by atoms with Crippen LogP contribution < -0.4 is 0 Å². The Morgan fingerprint density at radius 2 is 2.21 bits per heavy atom. The van der Waals surface area contributed by atoms with Crippen molar-refractivity contribution in [1.29, 1.82) is 0 Å². The number of aliphatic hydroxyl groups is 1. The van der Waals surface area contributed by atoms with Crippen LogP contribution in [0.15, 0.2) is 0 Å². The molecule has 0 aromatic rings. The lowest BCUT2D eigenvalue weighted by Crippen LogP contribution is -2.25. The Hall–Kier alpha value is -0.130. The first kappa shape index (κ1) is 11.9. The molecule has 0 spiro atoms. The zero-order valence-electron chi connectivity index (χ0n) is 8.65. The highest BCUT2D eigenvalue weighted by Crippen LogP contribution is 2.09. The lowest BCUT2D eigenvalue weighted by atomic mass is 10.3. The monoisotopic (exact) mass is 221 g/mol. The molecule has 1 aliphatic rings. The normalized spacial score (nSPS) is 24.3. The topological polar surface area (TPSA) is 57.6 Å². The fourth-order valence-corrected chi connectivity index (χ4v) is 2.53. The van der Waals surface area contributed by atoms with Gasteiger partial charge in [-0.25, -0.2) is 8.42 Å². The van der Waals surface area contributed by atoms with Gasteiger partial charge in [0.2, 0.25) is 0 Å². The number of nitrogens with zero attached hydrogens (tertiary/aromatic N) is 1. The summed E-state index contributed by atoms with van der Waals surface area (Å²) in [5.74, 6) is 0.506. The third-order valence-corrected chi connectivity index (χ3v) is 4.41. The second-order valence-corrected chi connectivity index (χ2v) is 6.31. The van der Waals surface area contributed by atoms with E-state index in [1.54, 1.807) is 6.92 Å². The van der Waals surface area contributed by atoms with Crippen molar-refractivity contribution in [3.63, 3.8) is 0 Å². The van der Waals surface area contributed by atoms with Crippen LogP contribution in [0.3, 0.4) is 0 Å². The summed E-state index contributed by atoms with van der Waals surface area (Å²) in [4.78, 5) is 2.12.